The Morgan fingerprint density at radius 3 is 2.06 bits per heavy atom. The molecule has 0 spiro atoms. The van der Waals surface area contributed by atoms with Crippen molar-refractivity contribution in [1.82, 2.24) is 10.6 Å². The molecule has 0 radical (unpaired) electrons. The number of ketones is 1. The molecule has 0 saturated heterocycles. The Morgan fingerprint density at radius 1 is 0.912 bits per heavy atom. The number of halogens is 6. The van der Waals surface area contributed by atoms with Crippen LogP contribution in [0.15, 0.2) is 42.5 Å². The minimum atomic E-state index is -5.12. The van der Waals surface area contributed by atoms with Crippen LogP contribution in [0, 0.1) is 5.92 Å². The Bertz CT molecular complexity index is 1040. The maximum Gasteiger partial charge on any atom is 0.452 e. The largest absolute Gasteiger partial charge is 0.452 e. The van der Waals surface area contributed by atoms with E-state index in [-0.39, 0.29) is 18.4 Å². The van der Waals surface area contributed by atoms with Crippen LogP contribution >= 0.6 is 34.8 Å². The van der Waals surface area contributed by atoms with Crippen molar-refractivity contribution in [1.29, 1.82) is 0 Å². The van der Waals surface area contributed by atoms with Gasteiger partial charge in [-0.15, -0.1) is 0 Å². The molecule has 0 unspecified atom stereocenters. The summed E-state index contributed by atoms with van der Waals surface area (Å²) in [6.07, 6.45) is -4.88. The van der Waals surface area contributed by atoms with E-state index >= 15 is 0 Å². The van der Waals surface area contributed by atoms with Gasteiger partial charge in [0.2, 0.25) is 11.8 Å². The lowest BCUT2D eigenvalue weighted by Gasteiger charge is -2.26. The summed E-state index contributed by atoms with van der Waals surface area (Å²) in [4.78, 5) is 37.4. The van der Waals surface area contributed by atoms with Gasteiger partial charge in [0.05, 0.1) is 16.1 Å². The van der Waals surface area contributed by atoms with Crippen LogP contribution in [0.1, 0.15) is 37.4 Å². The van der Waals surface area contributed by atoms with Gasteiger partial charge >= 0.3 is 6.18 Å². The lowest BCUT2D eigenvalue weighted by molar-refractivity contribution is -0.175. The Hall–Kier alpha value is -2.29. The molecule has 2 N–H and O–H groups in total. The number of Topliss-reactive ketones (excluding diaryl/α,β-unsaturated/α-hetero) is 1. The van der Waals surface area contributed by atoms with Crippen molar-refractivity contribution in [2.75, 3.05) is 0 Å². The second-order valence-electron chi connectivity index (χ2n) is 7.89. The third kappa shape index (κ3) is 7.89. The average molecular weight is 538 g/mol. The fraction of sp³-hybridized carbons (Fsp3) is 0.348. The minimum Gasteiger partial charge on any atom is -0.344 e. The number of aryl methyl sites for hydroxylation is 1. The van der Waals surface area contributed by atoms with Crippen molar-refractivity contribution < 1.29 is 27.6 Å². The standard InChI is InChI=1S/C23H22Cl3F3N2O3/c1-12(2)19(21(33)23(27,28)29)31-22(34)20(14-5-7-15(24)8-6-14)30-18(32)10-4-13-3-9-16(25)17(26)11-13/h3,5-9,11-12,19-20H,4,10H2,1-2H3,(H,30,32)(H,31,34)/t19-,20-/m0/s1. The molecular weight excluding hydrogens is 516 g/mol. The van der Waals surface area contributed by atoms with Crippen LogP contribution in [-0.4, -0.2) is 29.8 Å². The third-order valence-corrected chi connectivity index (χ3v) is 5.91. The molecule has 34 heavy (non-hydrogen) atoms. The van der Waals surface area contributed by atoms with Crippen molar-refractivity contribution in [2.24, 2.45) is 5.92 Å². The van der Waals surface area contributed by atoms with Crippen LogP contribution in [0.3, 0.4) is 0 Å². The predicted molar refractivity (Wildman–Crippen MR) is 125 cm³/mol. The molecule has 0 saturated carbocycles. The van der Waals surface area contributed by atoms with Gasteiger partial charge in [0, 0.05) is 11.4 Å². The highest BCUT2D eigenvalue weighted by Crippen LogP contribution is 2.24. The molecule has 2 rings (SSSR count). The molecule has 0 aromatic heterocycles. The number of amides is 2. The first-order valence-corrected chi connectivity index (χ1v) is 11.3. The first-order chi connectivity index (χ1) is 15.8. The van der Waals surface area contributed by atoms with E-state index in [1.54, 1.807) is 18.2 Å². The summed E-state index contributed by atoms with van der Waals surface area (Å²) in [6, 6.07) is 7.60. The summed E-state index contributed by atoms with van der Waals surface area (Å²) in [5.74, 6) is -4.41. The van der Waals surface area contributed by atoms with Crippen LogP contribution in [0.2, 0.25) is 15.1 Å². The smallest absolute Gasteiger partial charge is 0.344 e. The second-order valence-corrected chi connectivity index (χ2v) is 9.14. The number of alkyl halides is 3. The van der Waals surface area contributed by atoms with Crippen molar-refractivity contribution in [2.45, 2.75) is 44.9 Å². The van der Waals surface area contributed by atoms with Gasteiger partial charge in [-0.1, -0.05) is 66.8 Å². The van der Waals surface area contributed by atoms with E-state index in [9.17, 15) is 27.6 Å². The van der Waals surface area contributed by atoms with Gasteiger partial charge in [-0.25, -0.2) is 0 Å². The molecule has 2 amide bonds. The molecule has 2 aromatic rings. The topological polar surface area (TPSA) is 75.3 Å². The average Bonchev–Trinajstić information content (AvgIpc) is 2.76. The Labute approximate surface area is 209 Å². The van der Waals surface area contributed by atoms with E-state index in [4.69, 9.17) is 34.8 Å². The summed E-state index contributed by atoms with van der Waals surface area (Å²) in [7, 11) is 0. The number of hydrogen-bond acceptors (Lipinski definition) is 3. The highest BCUT2D eigenvalue weighted by atomic mass is 35.5. The lowest BCUT2D eigenvalue weighted by Crippen LogP contribution is -2.52. The van der Waals surface area contributed by atoms with Crippen molar-refractivity contribution in [3.05, 3.63) is 68.7 Å². The maximum atomic E-state index is 13.0. The van der Waals surface area contributed by atoms with E-state index in [2.05, 4.69) is 10.6 Å². The molecule has 0 aliphatic heterocycles. The Morgan fingerprint density at radius 2 is 1.53 bits per heavy atom. The molecule has 11 heteroatoms. The van der Waals surface area contributed by atoms with Gasteiger partial charge in [0.1, 0.15) is 6.04 Å². The van der Waals surface area contributed by atoms with Gasteiger partial charge in [-0.3, -0.25) is 14.4 Å². The molecule has 2 aromatic carbocycles. The van der Waals surface area contributed by atoms with Gasteiger partial charge in [0.25, 0.3) is 5.78 Å². The number of hydrogen-bond donors (Lipinski definition) is 2. The van der Waals surface area contributed by atoms with E-state index in [0.717, 1.165) is 5.56 Å². The fourth-order valence-electron chi connectivity index (χ4n) is 3.09. The quantitative estimate of drug-likeness (QED) is 0.430. The highest BCUT2D eigenvalue weighted by molar-refractivity contribution is 6.42. The van der Waals surface area contributed by atoms with Crippen molar-refractivity contribution in [3.8, 4) is 0 Å². The molecule has 0 aliphatic carbocycles. The summed E-state index contributed by atoms with van der Waals surface area (Å²) < 4.78 is 39.0. The molecule has 0 heterocycles. The molecular formula is C23H22Cl3F3N2O3. The third-order valence-electron chi connectivity index (χ3n) is 4.92. The first kappa shape index (κ1) is 28.0. The highest BCUT2D eigenvalue weighted by Gasteiger charge is 2.45. The van der Waals surface area contributed by atoms with Crippen molar-refractivity contribution in [3.63, 3.8) is 0 Å². The second kappa shape index (κ2) is 11.9. The zero-order chi connectivity index (χ0) is 25.6. The van der Waals surface area contributed by atoms with Gasteiger partial charge < -0.3 is 10.6 Å². The van der Waals surface area contributed by atoms with Gasteiger partial charge in [0.15, 0.2) is 0 Å². The van der Waals surface area contributed by atoms with E-state index in [1.807, 2.05) is 0 Å². The van der Waals surface area contributed by atoms with Crippen LogP contribution in [-0.2, 0) is 20.8 Å². The number of carbonyl (C=O) groups is 3. The number of rotatable bonds is 9. The van der Waals surface area contributed by atoms with Gasteiger partial charge in [-0.05, 0) is 47.7 Å². The normalized spacial score (nSPS) is 13.3. The predicted octanol–water partition coefficient (Wildman–Crippen LogP) is 5.71. The van der Waals surface area contributed by atoms with Crippen LogP contribution in [0.4, 0.5) is 13.2 Å². The zero-order valence-electron chi connectivity index (χ0n) is 18.2. The maximum absolute atomic E-state index is 13.0. The molecule has 0 fully saturated rings. The first-order valence-electron chi connectivity index (χ1n) is 10.2. The molecule has 184 valence electrons. The molecule has 0 aliphatic rings. The lowest BCUT2D eigenvalue weighted by atomic mass is 9.97. The summed E-state index contributed by atoms with van der Waals surface area (Å²) in [5, 5.41) is 5.72. The minimum absolute atomic E-state index is 0.0373. The van der Waals surface area contributed by atoms with E-state index in [1.165, 1.54) is 38.1 Å². The Kier molecular flexibility index (Phi) is 9.79. The number of nitrogens with one attached hydrogen (secondary N) is 2. The molecule has 0 bridgehead atoms. The number of carbonyl (C=O) groups excluding carboxylic acids is 3. The summed E-state index contributed by atoms with van der Waals surface area (Å²) in [6.45, 7) is 2.75. The fourth-order valence-corrected chi connectivity index (χ4v) is 3.54. The van der Waals surface area contributed by atoms with Crippen LogP contribution in [0.5, 0.6) is 0 Å². The van der Waals surface area contributed by atoms with Crippen LogP contribution in [0.25, 0.3) is 0 Å². The number of benzene rings is 2. The van der Waals surface area contributed by atoms with E-state index in [0.29, 0.717) is 15.1 Å². The van der Waals surface area contributed by atoms with Crippen LogP contribution < -0.4 is 10.6 Å². The zero-order valence-corrected chi connectivity index (χ0v) is 20.4. The van der Waals surface area contributed by atoms with E-state index < -0.39 is 41.8 Å². The SMILES string of the molecule is CC(C)[C@H](NC(=O)[C@@H](NC(=O)CCc1ccc(Cl)c(Cl)c1)c1ccc(Cl)cc1)C(=O)C(F)(F)F. The Balaban J connectivity index is 2.20. The molecule has 5 nitrogen and oxygen atoms in total. The summed E-state index contributed by atoms with van der Waals surface area (Å²) in [5.41, 5.74) is 1.01. The van der Waals surface area contributed by atoms with Crippen molar-refractivity contribution >= 4 is 52.4 Å². The molecule has 2 atom stereocenters. The summed E-state index contributed by atoms with van der Waals surface area (Å²) >= 11 is 17.7. The monoisotopic (exact) mass is 536 g/mol. The van der Waals surface area contributed by atoms with Gasteiger partial charge in [-0.2, -0.15) is 13.2 Å².